The lowest BCUT2D eigenvalue weighted by molar-refractivity contribution is -0.318. The van der Waals surface area contributed by atoms with Gasteiger partial charge in [0.2, 0.25) is 6.29 Å². The highest BCUT2D eigenvalue weighted by molar-refractivity contribution is 6.10. The monoisotopic (exact) mass is 724 g/mol. The number of benzene rings is 3. The minimum atomic E-state index is -2.08. The Kier molecular flexibility index (Phi) is 12.6. The van der Waals surface area contributed by atoms with Crippen LogP contribution in [0.25, 0.3) is 12.2 Å². The van der Waals surface area contributed by atoms with Crippen molar-refractivity contribution in [2.45, 2.75) is 48.7 Å². The zero-order chi connectivity index (χ0) is 37.4. The van der Waals surface area contributed by atoms with Gasteiger partial charge in [-0.2, -0.15) is 0 Å². The molecule has 6 N–H and O–H groups in total. The molecule has 15 nitrogen and oxygen atoms in total. The Morgan fingerprint density at radius 2 is 1.58 bits per heavy atom. The molecule has 0 saturated carbocycles. The van der Waals surface area contributed by atoms with Gasteiger partial charge in [0.15, 0.2) is 23.8 Å². The Bertz CT molecular complexity index is 1730. The summed E-state index contributed by atoms with van der Waals surface area (Å²) in [6, 6.07) is 18.0. The van der Waals surface area contributed by atoms with Crippen molar-refractivity contribution in [3.8, 4) is 23.0 Å². The molecule has 2 aliphatic rings. The number of methoxy groups -OCH3 is 2. The van der Waals surface area contributed by atoms with Crippen LogP contribution in [-0.2, 0) is 23.7 Å². The Morgan fingerprint density at radius 1 is 0.885 bits per heavy atom. The first-order chi connectivity index (χ1) is 25.0. The molecule has 8 unspecified atom stereocenters. The van der Waals surface area contributed by atoms with Gasteiger partial charge in [0.25, 0.3) is 0 Å². The molecule has 15 heteroatoms. The second-order valence-electron chi connectivity index (χ2n) is 12.0. The predicted octanol–water partition coefficient (Wildman–Crippen LogP) is 1.21. The number of esters is 1. The van der Waals surface area contributed by atoms with Gasteiger partial charge in [-0.3, -0.25) is 4.79 Å². The van der Waals surface area contributed by atoms with Crippen molar-refractivity contribution in [1.82, 2.24) is 0 Å². The first-order valence-electron chi connectivity index (χ1n) is 16.1. The van der Waals surface area contributed by atoms with Crippen molar-refractivity contribution in [3.05, 3.63) is 95.6 Å². The molecule has 5 rings (SSSR count). The molecule has 0 bridgehead atoms. The Labute approximate surface area is 298 Å². The number of ketones is 1. The maximum atomic E-state index is 12.9. The van der Waals surface area contributed by atoms with Gasteiger partial charge in [0.05, 0.1) is 27.4 Å². The van der Waals surface area contributed by atoms with E-state index in [1.54, 1.807) is 36.4 Å². The number of allylic oxidation sites excluding steroid dienone is 1. The predicted molar refractivity (Wildman–Crippen MR) is 181 cm³/mol. The SMILES string of the molecule is COc1cc(O)c(C(=O)C=Cc2ccc(OC3OC(CO)C(O)C(O)C3OC3OCC(O)(COC(=O)C=Cc4ccccc4)C3O)cc2)c(OC)c1. The number of phenolic OH excluding ortho intramolecular Hbond substituents is 1. The highest BCUT2D eigenvalue weighted by Gasteiger charge is 2.54. The van der Waals surface area contributed by atoms with Crippen molar-refractivity contribution in [2.24, 2.45) is 0 Å². The van der Waals surface area contributed by atoms with Crippen molar-refractivity contribution in [2.75, 3.05) is 34.0 Å². The van der Waals surface area contributed by atoms with E-state index >= 15 is 0 Å². The van der Waals surface area contributed by atoms with Gasteiger partial charge in [-0.05, 0) is 35.4 Å². The molecule has 0 radical (unpaired) electrons. The number of phenols is 1. The zero-order valence-corrected chi connectivity index (χ0v) is 28.2. The topological polar surface area (TPSA) is 220 Å². The van der Waals surface area contributed by atoms with E-state index in [1.807, 2.05) is 6.07 Å². The molecule has 2 aliphatic heterocycles. The number of rotatable bonds is 14. The van der Waals surface area contributed by atoms with Gasteiger partial charge >= 0.3 is 5.97 Å². The van der Waals surface area contributed by atoms with Crippen LogP contribution in [-0.4, -0.2) is 125 Å². The van der Waals surface area contributed by atoms with Crippen LogP contribution >= 0.6 is 0 Å². The molecule has 2 saturated heterocycles. The fraction of sp³-hybridized carbons (Fsp3) is 0.351. The summed E-state index contributed by atoms with van der Waals surface area (Å²) in [4.78, 5) is 25.1. The summed E-state index contributed by atoms with van der Waals surface area (Å²) in [6.07, 6.45) is -5.50. The van der Waals surface area contributed by atoms with Crippen LogP contribution in [0, 0.1) is 0 Å². The van der Waals surface area contributed by atoms with Crippen LogP contribution in [0.3, 0.4) is 0 Å². The summed E-state index contributed by atoms with van der Waals surface area (Å²) in [7, 11) is 2.77. The fourth-order valence-electron chi connectivity index (χ4n) is 5.47. The highest BCUT2D eigenvalue weighted by atomic mass is 16.8. The molecule has 0 spiro atoms. The summed E-state index contributed by atoms with van der Waals surface area (Å²) in [5.41, 5.74) is -0.816. The minimum absolute atomic E-state index is 0.0500. The number of hydrogen-bond donors (Lipinski definition) is 6. The Morgan fingerprint density at radius 3 is 2.25 bits per heavy atom. The summed E-state index contributed by atoms with van der Waals surface area (Å²) < 4.78 is 38.3. The van der Waals surface area contributed by atoms with Crippen LogP contribution in [0.5, 0.6) is 23.0 Å². The van der Waals surface area contributed by atoms with Crippen LogP contribution < -0.4 is 14.2 Å². The lowest BCUT2D eigenvalue weighted by atomic mass is 9.98. The Balaban J connectivity index is 1.23. The lowest BCUT2D eigenvalue weighted by Crippen LogP contribution is -2.62. The average Bonchev–Trinajstić information content (AvgIpc) is 3.44. The molecule has 2 heterocycles. The molecule has 8 atom stereocenters. The summed E-state index contributed by atoms with van der Waals surface area (Å²) >= 11 is 0. The highest BCUT2D eigenvalue weighted by Crippen LogP contribution is 2.35. The van der Waals surface area contributed by atoms with Gasteiger partial charge in [0, 0.05) is 18.2 Å². The summed E-state index contributed by atoms with van der Waals surface area (Å²) in [5.74, 6) is -0.992. The van der Waals surface area contributed by atoms with E-state index in [1.165, 1.54) is 62.8 Å². The molecular weight excluding hydrogens is 684 g/mol. The standard InChI is InChI=1S/C37H40O15/c1-46-24-16-26(40)30(27(17-24)47-2)25(39)14-10-22-8-12-23(13-9-22)50-35-33(32(43)31(42)28(18-38)51-35)52-36-34(44)37(45,20-49-36)19-48-29(41)15-11-21-6-4-3-5-7-21/h3-17,28,31-36,38,40,42-45H,18-20H2,1-2H3. The van der Waals surface area contributed by atoms with Crippen molar-refractivity contribution < 1.29 is 73.4 Å². The second-order valence-corrected chi connectivity index (χ2v) is 12.0. The maximum Gasteiger partial charge on any atom is 0.330 e. The van der Waals surface area contributed by atoms with E-state index in [9.17, 15) is 40.2 Å². The number of hydrogen-bond acceptors (Lipinski definition) is 15. The Hall–Kier alpha value is -4.84. The number of carbonyl (C=O) groups is 2. The van der Waals surface area contributed by atoms with Gasteiger partial charge in [-0.15, -0.1) is 0 Å². The molecule has 278 valence electrons. The smallest absolute Gasteiger partial charge is 0.330 e. The molecular formula is C37H40O15. The van der Waals surface area contributed by atoms with Crippen LogP contribution in [0.2, 0.25) is 0 Å². The fourth-order valence-corrected chi connectivity index (χ4v) is 5.47. The molecule has 2 fully saturated rings. The molecule has 0 amide bonds. The number of ether oxygens (including phenoxy) is 7. The van der Waals surface area contributed by atoms with E-state index < -0.39 is 80.3 Å². The quantitative estimate of drug-likeness (QED) is 0.0782. The summed E-state index contributed by atoms with van der Waals surface area (Å²) in [5, 5.41) is 63.5. The van der Waals surface area contributed by atoms with E-state index in [0.717, 1.165) is 5.56 Å². The zero-order valence-electron chi connectivity index (χ0n) is 28.2. The van der Waals surface area contributed by atoms with Gasteiger partial charge < -0.3 is 63.8 Å². The average molecular weight is 725 g/mol. The second kappa shape index (κ2) is 17.1. The van der Waals surface area contributed by atoms with Gasteiger partial charge in [-0.25, -0.2) is 4.79 Å². The molecule has 3 aromatic rings. The van der Waals surface area contributed by atoms with Crippen molar-refractivity contribution in [1.29, 1.82) is 0 Å². The molecule has 52 heavy (non-hydrogen) atoms. The van der Waals surface area contributed by atoms with E-state index in [0.29, 0.717) is 11.3 Å². The first kappa shape index (κ1) is 38.4. The van der Waals surface area contributed by atoms with E-state index in [-0.39, 0.29) is 22.8 Å². The molecule has 3 aromatic carbocycles. The van der Waals surface area contributed by atoms with Crippen molar-refractivity contribution >= 4 is 23.9 Å². The first-order valence-corrected chi connectivity index (χ1v) is 16.1. The van der Waals surface area contributed by atoms with Crippen LogP contribution in [0.1, 0.15) is 21.5 Å². The molecule has 0 aliphatic carbocycles. The summed E-state index contributed by atoms with van der Waals surface area (Å²) in [6.45, 7) is -1.83. The largest absolute Gasteiger partial charge is 0.507 e. The normalized spacial score (nSPS) is 27.5. The van der Waals surface area contributed by atoms with Gasteiger partial charge in [-0.1, -0.05) is 48.5 Å². The van der Waals surface area contributed by atoms with E-state index in [4.69, 9.17) is 33.2 Å². The van der Waals surface area contributed by atoms with E-state index in [2.05, 4.69) is 0 Å². The minimum Gasteiger partial charge on any atom is -0.507 e. The third-order valence-electron chi connectivity index (χ3n) is 8.41. The number of aliphatic hydroxyl groups is 5. The number of carbonyl (C=O) groups excluding carboxylic acids is 2. The third-order valence-corrected chi connectivity index (χ3v) is 8.41. The number of aromatic hydroxyl groups is 1. The number of aliphatic hydroxyl groups excluding tert-OH is 4. The van der Waals surface area contributed by atoms with Crippen LogP contribution in [0.15, 0.2) is 78.9 Å². The third kappa shape index (κ3) is 8.96. The van der Waals surface area contributed by atoms with Gasteiger partial charge in [0.1, 0.15) is 59.6 Å². The molecule has 0 aromatic heterocycles. The van der Waals surface area contributed by atoms with Crippen molar-refractivity contribution in [3.63, 3.8) is 0 Å². The maximum absolute atomic E-state index is 12.9. The van der Waals surface area contributed by atoms with Crippen LogP contribution in [0.4, 0.5) is 0 Å². The lowest BCUT2D eigenvalue weighted by Gasteiger charge is -2.42.